The summed E-state index contributed by atoms with van der Waals surface area (Å²) in [6.45, 7) is 5.36. The lowest BCUT2D eigenvalue weighted by molar-refractivity contribution is -0.142. The molecule has 30 heavy (non-hydrogen) atoms. The maximum Gasteiger partial charge on any atom is 0.326 e. The van der Waals surface area contributed by atoms with Crippen LogP contribution in [-0.2, 0) is 19.2 Å². The number of thioether (sulfide) groups is 2. The molecule has 0 aromatic heterocycles. The van der Waals surface area contributed by atoms with Gasteiger partial charge in [-0.1, -0.05) is 13.8 Å². The Kier molecular flexibility index (Phi) is 14.6. The van der Waals surface area contributed by atoms with Crippen molar-refractivity contribution in [3.05, 3.63) is 0 Å². The van der Waals surface area contributed by atoms with Gasteiger partial charge < -0.3 is 26.8 Å². The molecule has 9 nitrogen and oxygen atoms in total. The van der Waals surface area contributed by atoms with Gasteiger partial charge in [-0.15, -0.1) is 0 Å². The van der Waals surface area contributed by atoms with Crippen LogP contribution in [0.5, 0.6) is 0 Å². The second-order valence-corrected chi connectivity index (χ2v) is 9.47. The molecular weight excluding hydrogens is 428 g/mol. The quantitative estimate of drug-likeness (QED) is 0.234. The number of carboxylic acid groups (broad SMARTS) is 1. The van der Waals surface area contributed by atoms with Crippen molar-refractivity contribution in [3.63, 3.8) is 0 Å². The van der Waals surface area contributed by atoms with E-state index in [2.05, 4.69) is 16.0 Å². The molecule has 0 aliphatic carbocycles. The largest absolute Gasteiger partial charge is 0.480 e. The monoisotopic (exact) mass is 464 g/mol. The van der Waals surface area contributed by atoms with Crippen molar-refractivity contribution in [2.45, 2.75) is 64.2 Å². The predicted molar refractivity (Wildman–Crippen MR) is 123 cm³/mol. The molecule has 0 rings (SSSR count). The van der Waals surface area contributed by atoms with Crippen molar-refractivity contribution < 1.29 is 24.3 Å². The Morgan fingerprint density at radius 2 is 1.23 bits per heavy atom. The van der Waals surface area contributed by atoms with Crippen LogP contribution in [-0.4, -0.2) is 77.0 Å². The van der Waals surface area contributed by atoms with Crippen molar-refractivity contribution in [1.82, 2.24) is 16.0 Å². The van der Waals surface area contributed by atoms with Gasteiger partial charge in [0, 0.05) is 0 Å². The fourth-order valence-electron chi connectivity index (χ4n) is 2.55. The minimum absolute atomic E-state index is 0.121. The Morgan fingerprint density at radius 1 is 0.800 bits per heavy atom. The van der Waals surface area contributed by atoms with Gasteiger partial charge in [-0.2, -0.15) is 23.5 Å². The summed E-state index contributed by atoms with van der Waals surface area (Å²) in [7, 11) is 0. The zero-order valence-corrected chi connectivity index (χ0v) is 20.0. The molecule has 174 valence electrons. The first kappa shape index (κ1) is 28.5. The number of rotatable bonds is 15. The van der Waals surface area contributed by atoms with E-state index in [1.54, 1.807) is 0 Å². The maximum absolute atomic E-state index is 12.8. The molecule has 3 amide bonds. The van der Waals surface area contributed by atoms with Gasteiger partial charge in [-0.25, -0.2) is 4.79 Å². The first-order valence-corrected chi connectivity index (χ1v) is 12.7. The van der Waals surface area contributed by atoms with Gasteiger partial charge >= 0.3 is 5.97 Å². The number of hydrogen-bond acceptors (Lipinski definition) is 7. The number of nitrogens with two attached hydrogens (primary N) is 1. The molecule has 0 saturated heterocycles. The van der Waals surface area contributed by atoms with Gasteiger partial charge in [0.25, 0.3) is 0 Å². The van der Waals surface area contributed by atoms with Crippen LogP contribution in [0.25, 0.3) is 0 Å². The summed E-state index contributed by atoms with van der Waals surface area (Å²) in [6.07, 6.45) is 4.73. The normalized spacial score (nSPS) is 15.0. The lowest BCUT2D eigenvalue weighted by Gasteiger charge is -2.25. The summed E-state index contributed by atoms with van der Waals surface area (Å²) in [6, 6.07) is -3.53. The molecule has 0 aliphatic rings. The highest BCUT2D eigenvalue weighted by atomic mass is 32.2. The highest BCUT2D eigenvalue weighted by molar-refractivity contribution is 7.98. The summed E-state index contributed by atoms with van der Waals surface area (Å²) in [5.74, 6) is -1.31. The predicted octanol–water partition coefficient (Wildman–Crippen LogP) is 0.425. The third-order valence-electron chi connectivity index (χ3n) is 4.22. The number of aliphatic carboxylic acids is 1. The third-order valence-corrected chi connectivity index (χ3v) is 5.51. The Hall–Kier alpha value is -1.46. The van der Waals surface area contributed by atoms with E-state index in [4.69, 9.17) is 5.73 Å². The number of hydrogen-bond donors (Lipinski definition) is 5. The summed E-state index contributed by atoms with van der Waals surface area (Å²) in [5, 5.41) is 17.2. The zero-order valence-electron chi connectivity index (χ0n) is 18.4. The van der Waals surface area contributed by atoms with Gasteiger partial charge in [0.05, 0.1) is 6.04 Å². The molecule has 0 heterocycles. The zero-order chi connectivity index (χ0) is 23.3. The van der Waals surface area contributed by atoms with Gasteiger partial charge in [0.2, 0.25) is 17.7 Å². The first-order chi connectivity index (χ1) is 14.0. The third kappa shape index (κ3) is 11.7. The van der Waals surface area contributed by atoms with E-state index in [1.807, 2.05) is 26.4 Å². The average Bonchev–Trinajstić information content (AvgIpc) is 2.66. The van der Waals surface area contributed by atoms with Gasteiger partial charge in [0.1, 0.15) is 18.1 Å². The molecule has 4 unspecified atom stereocenters. The first-order valence-electron chi connectivity index (χ1n) is 9.90. The fraction of sp³-hybridized carbons (Fsp3) is 0.789. The smallest absolute Gasteiger partial charge is 0.326 e. The molecule has 0 bridgehead atoms. The number of amides is 3. The van der Waals surface area contributed by atoms with E-state index in [9.17, 15) is 24.3 Å². The lowest BCUT2D eigenvalue weighted by Crippen LogP contribution is -2.57. The van der Waals surface area contributed by atoms with Gasteiger partial charge in [-0.3, -0.25) is 14.4 Å². The van der Waals surface area contributed by atoms with Gasteiger partial charge in [0.15, 0.2) is 0 Å². The molecule has 0 aromatic rings. The number of carboxylic acids is 1. The second-order valence-electron chi connectivity index (χ2n) is 7.50. The van der Waals surface area contributed by atoms with E-state index in [1.165, 1.54) is 30.4 Å². The average molecular weight is 465 g/mol. The number of nitrogens with one attached hydrogen (secondary N) is 3. The van der Waals surface area contributed by atoms with Crippen LogP contribution in [0.4, 0.5) is 0 Å². The molecule has 0 aliphatic heterocycles. The highest BCUT2D eigenvalue weighted by Crippen LogP contribution is 2.09. The molecule has 4 atom stereocenters. The Morgan fingerprint density at radius 3 is 1.67 bits per heavy atom. The summed E-state index contributed by atoms with van der Waals surface area (Å²) >= 11 is 3.00. The summed E-state index contributed by atoms with van der Waals surface area (Å²) in [4.78, 5) is 49.0. The molecular formula is C19H36N4O5S2. The number of carbonyl (C=O) groups is 4. The van der Waals surface area contributed by atoms with Crippen LogP contribution in [0, 0.1) is 5.92 Å². The van der Waals surface area contributed by atoms with Crippen molar-refractivity contribution in [1.29, 1.82) is 0 Å². The Bertz CT molecular complexity index is 575. The van der Waals surface area contributed by atoms with Crippen LogP contribution < -0.4 is 21.7 Å². The van der Waals surface area contributed by atoms with E-state index < -0.39 is 47.9 Å². The van der Waals surface area contributed by atoms with Crippen molar-refractivity contribution >= 4 is 47.2 Å². The SMILES string of the molecule is CSCCC(NC(=O)C(CCSC)NC(=O)C(CC(C)C)NC(=O)C(C)N)C(=O)O. The lowest BCUT2D eigenvalue weighted by atomic mass is 10.0. The molecule has 11 heteroatoms. The highest BCUT2D eigenvalue weighted by Gasteiger charge is 2.29. The Balaban J connectivity index is 5.32. The van der Waals surface area contributed by atoms with E-state index in [0.29, 0.717) is 24.3 Å². The minimum Gasteiger partial charge on any atom is -0.480 e. The summed E-state index contributed by atoms with van der Waals surface area (Å²) in [5.41, 5.74) is 5.59. The second kappa shape index (κ2) is 15.4. The van der Waals surface area contributed by atoms with Crippen molar-refractivity contribution in [2.24, 2.45) is 11.7 Å². The van der Waals surface area contributed by atoms with Crippen LogP contribution >= 0.6 is 23.5 Å². The molecule has 0 saturated carbocycles. The minimum atomic E-state index is -1.12. The number of carbonyl (C=O) groups excluding carboxylic acids is 3. The molecule has 0 radical (unpaired) electrons. The van der Waals surface area contributed by atoms with Crippen LogP contribution in [0.3, 0.4) is 0 Å². The topological polar surface area (TPSA) is 151 Å². The van der Waals surface area contributed by atoms with Crippen molar-refractivity contribution in [3.8, 4) is 0 Å². The van der Waals surface area contributed by atoms with E-state index >= 15 is 0 Å². The molecule has 6 N–H and O–H groups in total. The van der Waals surface area contributed by atoms with Crippen LogP contribution in [0.15, 0.2) is 0 Å². The summed E-state index contributed by atoms with van der Waals surface area (Å²) < 4.78 is 0. The van der Waals surface area contributed by atoms with E-state index in [-0.39, 0.29) is 12.3 Å². The van der Waals surface area contributed by atoms with Gasteiger partial charge in [-0.05, 0) is 56.1 Å². The molecule has 0 spiro atoms. The maximum atomic E-state index is 12.8. The molecule has 0 fully saturated rings. The standard InChI is InChI=1S/C19H36N4O5S2/c1-11(2)10-15(23-16(24)12(3)20)18(26)21-13(6-8-29-4)17(25)22-14(19(27)28)7-9-30-5/h11-15H,6-10,20H2,1-5H3,(H,21,26)(H,22,25)(H,23,24)(H,27,28). The van der Waals surface area contributed by atoms with Crippen LogP contribution in [0.2, 0.25) is 0 Å². The Labute approximate surface area is 187 Å². The molecule has 0 aromatic carbocycles. The fourth-order valence-corrected chi connectivity index (χ4v) is 3.49. The van der Waals surface area contributed by atoms with Crippen LogP contribution in [0.1, 0.15) is 40.0 Å². The van der Waals surface area contributed by atoms with Crippen molar-refractivity contribution in [2.75, 3.05) is 24.0 Å². The van der Waals surface area contributed by atoms with E-state index in [0.717, 1.165) is 0 Å².